The molecule has 0 aliphatic heterocycles. The molecule has 1 rings (SSSR count). The van der Waals surface area contributed by atoms with E-state index in [-0.39, 0.29) is 0 Å². The maximum Gasteiger partial charge on any atom is 0.0802 e. The molecule has 0 bridgehead atoms. The standard InChI is InChI=1S/C6H7NS2/c1-2-5-6(3-8)9-4-7-5/h2,4,8H,1,3H2. The monoisotopic (exact) mass is 157 g/mol. The number of rotatable bonds is 2. The molecule has 0 aliphatic rings. The van der Waals surface area contributed by atoms with Crippen LogP contribution in [0.25, 0.3) is 6.08 Å². The van der Waals surface area contributed by atoms with Gasteiger partial charge in [0.05, 0.1) is 11.2 Å². The van der Waals surface area contributed by atoms with Crippen molar-refractivity contribution < 1.29 is 0 Å². The van der Waals surface area contributed by atoms with Crippen LogP contribution < -0.4 is 0 Å². The first-order valence-corrected chi connectivity index (χ1v) is 4.05. The van der Waals surface area contributed by atoms with Gasteiger partial charge in [-0.25, -0.2) is 4.98 Å². The second-order valence-corrected chi connectivity index (χ2v) is 2.78. The lowest BCUT2D eigenvalue weighted by Crippen LogP contribution is -1.75. The van der Waals surface area contributed by atoms with Crippen LogP contribution in [0.15, 0.2) is 12.1 Å². The summed E-state index contributed by atoms with van der Waals surface area (Å²) in [4.78, 5) is 5.25. The third-order valence-electron chi connectivity index (χ3n) is 1.01. The maximum atomic E-state index is 4.12. The third-order valence-corrected chi connectivity index (χ3v) is 2.39. The minimum Gasteiger partial charge on any atom is -0.245 e. The summed E-state index contributed by atoms with van der Waals surface area (Å²) in [6, 6.07) is 0. The minimum atomic E-state index is 0.756. The molecule has 0 N–H and O–H groups in total. The van der Waals surface area contributed by atoms with Crippen molar-refractivity contribution in [3.63, 3.8) is 0 Å². The molecule has 9 heavy (non-hydrogen) atoms. The smallest absolute Gasteiger partial charge is 0.0802 e. The van der Waals surface area contributed by atoms with E-state index in [1.54, 1.807) is 17.4 Å². The number of thiazole rings is 1. The number of nitrogens with zero attached hydrogens (tertiary/aromatic N) is 1. The van der Waals surface area contributed by atoms with Gasteiger partial charge >= 0.3 is 0 Å². The van der Waals surface area contributed by atoms with Gasteiger partial charge in [-0.05, 0) is 6.08 Å². The minimum absolute atomic E-state index is 0.756. The number of aromatic nitrogens is 1. The summed E-state index contributed by atoms with van der Waals surface area (Å²) in [5, 5.41) is 0. The molecule has 0 aromatic carbocycles. The van der Waals surface area contributed by atoms with Crippen LogP contribution in [0.2, 0.25) is 0 Å². The molecule has 1 nitrogen and oxygen atoms in total. The first-order valence-electron chi connectivity index (χ1n) is 2.54. The molecule has 0 fully saturated rings. The lowest BCUT2D eigenvalue weighted by Gasteiger charge is -1.86. The zero-order valence-electron chi connectivity index (χ0n) is 4.87. The van der Waals surface area contributed by atoms with Gasteiger partial charge in [-0.1, -0.05) is 6.58 Å². The molecule has 0 saturated carbocycles. The van der Waals surface area contributed by atoms with Crippen molar-refractivity contribution >= 4 is 30.0 Å². The first-order chi connectivity index (χ1) is 4.38. The Morgan fingerprint density at radius 1 is 1.89 bits per heavy atom. The molecule has 48 valence electrons. The van der Waals surface area contributed by atoms with Gasteiger partial charge in [-0.15, -0.1) is 11.3 Å². The highest BCUT2D eigenvalue weighted by Crippen LogP contribution is 2.15. The van der Waals surface area contributed by atoms with Crippen molar-refractivity contribution in [2.45, 2.75) is 5.75 Å². The predicted octanol–water partition coefficient (Wildman–Crippen LogP) is 2.22. The molecular formula is C6H7NS2. The Bertz CT molecular complexity index is 205. The van der Waals surface area contributed by atoms with Gasteiger partial charge in [0.25, 0.3) is 0 Å². The van der Waals surface area contributed by atoms with Crippen LogP contribution in [0.3, 0.4) is 0 Å². The summed E-state index contributed by atoms with van der Waals surface area (Å²) < 4.78 is 0. The SMILES string of the molecule is C=Cc1ncsc1CS. The lowest BCUT2D eigenvalue weighted by atomic mass is 10.4. The number of thiol groups is 1. The fourth-order valence-electron chi connectivity index (χ4n) is 0.564. The second kappa shape index (κ2) is 3.03. The first kappa shape index (κ1) is 6.83. The largest absolute Gasteiger partial charge is 0.245 e. The molecule has 1 aromatic heterocycles. The molecule has 1 aromatic rings. The van der Waals surface area contributed by atoms with Crippen LogP contribution >= 0.6 is 24.0 Å². The van der Waals surface area contributed by atoms with Crippen molar-refractivity contribution in [3.05, 3.63) is 22.7 Å². The van der Waals surface area contributed by atoms with Gasteiger partial charge in [0.15, 0.2) is 0 Å². The van der Waals surface area contributed by atoms with E-state index in [0.717, 1.165) is 11.4 Å². The molecule has 0 aliphatic carbocycles. The highest BCUT2D eigenvalue weighted by Gasteiger charge is 1.97. The number of hydrogen-bond acceptors (Lipinski definition) is 3. The van der Waals surface area contributed by atoms with Crippen molar-refractivity contribution in [2.24, 2.45) is 0 Å². The molecule has 0 radical (unpaired) electrons. The molecule has 1 heterocycles. The van der Waals surface area contributed by atoms with E-state index in [2.05, 4.69) is 24.2 Å². The van der Waals surface area contributed by atoms with Crippen LogP contribution in [0.4, 0.5) is 0 Å². The van der Waals surface area contributed by atoms with Crippen molar-refractivity contribution in [1.29, 1.82) is 0 Å². The quantitative estimate of drug-likeness (QED) is 0.649. The zero-order valence-corrected chi connectivity index (χ0v) is 6.58. The van der Waals surface area contributed by atoms with Crippen LogP contribution in [0.5, 0.6) is 0 Å². The maximum absolute atomic E-state index is 4.12. The second-order valence-electron chi connectivity index (χ2n) is 1.52. The predicted molar refractivity (Wildman–Crippen MR) is 44.9 cm³/mol. The summed E-state index contributed by atoms with van der Waals surface area (Å²) in [7, 11) is 0. The van der Waals surface area contributed by atoms with Gasteiger partial charge in [-0.3, -0.25) is 0 Å². The van der Waals surface area contributed by atoms with Crippen molar-refractivity contribution in [3.8, 4) is 0 Å². The number of hydrogen-bond donors (Lipinski definition) is 1. The van der Waals surface area contributed by atoms with Gasteiger partial charge < -0.3 is 0 Å². The fraction of sp³-hybridized carbons (Fsp3) is 0.167. The highest BCUT2D eigenvalue weighted by atomic mass is 32.1. The Morgan fingerprint density at radius 3 is 3.11 bits per heavy atom. The fourth-order valence-corrected chi connectivity index (χ4v) is 1.57. The van der Waals surface area contributed by atoms with Crippen molar-refractivity contribution in [1.82, 2.24) is 4.98 Å². The summed E-state index contributed by atoms with van der Waals surface area (Å²) in [6.07, 6.45) is 1.75. The van der Waals surface area contributed by atoms with E-state index in [4.69, 9.17) is 0 Å². The van der Waals surface area contributed by atoms with E-state index in [0.29, 0.717) is 0 Å². The van der Waals surface area contributed by atoms with Crippen LogP contribution in [-0.4, -0.2) is 4.98 Å². The Hall–Kier alpha value is -0.280. The van der Waals surface area contributed by atoms with E-state index in [1.165, 1.54) is 4.88 Å². The molecule has 0 saturated heterocycles. The summed E-state index contributed by atoms with van der Waals surface area (Å²) in [5.41, 5.74) is 2.78. The molecule has 0 amide bonds. The van der Waals surface area contributed by atoms with Gasteiger partial charge in [-0.2, -0.15) is 12.6 Å². The van der Waals surface area contributed by atoms with Crippen LogP contribution in [-0.2, 0) is 5.75 Å². The Kier molecular flexibility index (Phi) is 2.30. The summed E-state index contributed by atoms with van der Waals surface area (Å²) in [5.74, 6) is 0.756. The van der Waals surface area contributed by atoms with E-state index in [9.17, 15) is 0 Å². The van der Waals surface area contributed by atoms with Crippen LogP contribution in [0, 0.1) is 0 Å². The van der Waals surface area contributed by atoms with Crippen LogP contribution in [0.1, 0.15) is 10.6 Å². The molecular weight excluding hydrogens is 150 g/mol. The average molecular weight is 157 g/mol. The Labute approximate surface area is 63.9 Å². The van der Waals surface area contributed by atoms with Gasteiger partial charge in [0.2, 0.25) is 0 Å². The Balaban J connectivity index is 2.98. The molecule has 3 heteroatoms. The van der Waals surface area contributed by atoms with Crippen molar-refractivity contribution in [2.75, 3.05) is 0 Å². The topological polar surface area (TPSA) is 12.9 Å². The molecule has 0 atom stereocenters. The lowest BCUT2D eigenvalue weighted by molar-refractivity contribution is 1.33. The van der Waals surface area contributed by atoms with E-state index < -0.39 is 0 Å². The summed E-state index contributed by atoms with van der Waals surface area (Å²) in [6.45, 7) is 3.62. The Morgan fingerprint density at radius 2 is 2.67 bits per heavy atom. The van der Waals surface area contributed by atoms with Gasteiger partial charge in [0, 0.05) is 10.6 Å². The normalized spacial score (nSPS) is 9.44. The van der Waals surface area contributed by atoms with Gasteiger partial charge in [0.1, 0.15) is 0 Å². The average Bonchev–Trinajstić information content (AvgIpc) is 2.33. The highest BCUT2D eigenvalue weighted by molar-refractivity contribution is 7.79. The van der Waals surface area contributed by atoms with E-state index >= 15 is 0 Å². The summed E-state index contributed by atoms with van der Waals surface area (Å²) >= 11 is 5.74. The molecule has 0 unspecified atom stereocenters. The van der Waals surface area contributed by atoms with E-state index in [1.807, 2.05) is 5.51 Å². The third kappa shape index (κ3) is 1.34. The molecule has 0 spiro atoms. The zero-order chi connectivity index (χ0) is 6.69.